The molecule has 30 heavy (non-hydrogen) atoms. The van der Waals surface area contributed by atoms with Crippen molar-refractivity contribution in [2.24, 2.45) is 0 Å². The predicted molar refractivity (Wildman–Crippen MR) is 120 cm³/mol. The third kappa shape index (κ3) is 6.77. The molecule has 2 aromatic rings. The molecule has 0 saturated carbocycles. The van der Waals surface area contributed by atoms with Gasteiger partial charge in [0.25, 0.3) is 0 Å². The van der Waals surface area contributed by atoms with Gasteiger partial charge in [0.05, 0.1) is 13.2 Å². The minimum Gasteiger partial charge on any atom is -0.497 e. The first kappa shape index (κ1) is 23.2. The maximum atomic E-state index is 12.2. The Balaban J connectivity index is 1.83. The number of anilines is 1. The summed E-state index contributed by atoms with van der Waals surface area (Å²) < 4.78 is 5.13. The third-order valence-corrected chi connectivity index (χ3v) is 4.94. The Morgan fingerprint density at radius 3 is 2.03 bits per heavy atom. The van der Waals surface area contributed by atoms with Crippen molar-refractivity contribution in [2.75, 3.05) is 53.3 Å². The molecule has 0 unspecified atom stereocenters. The van der Waals surface area contributed by atoms with Crippen LogP contribution in [-0.4, -0.2) is 65.1 Å². The molecule has 162 valence electrons. The van der Waals surface area contributed by atoms with Crippen LogP contribution >= 0.6 is 0 Å². The number of carbonyl (C=O) groups excluding carboxylic acids is 2. The average Bonchev–Trinajstić information content (AvgIpc) is 2.74. The van der Waals surface area contributed by atoms with Crippen molar-refractivity contribution >= 4 is 17.5 Å². The third-order valence-electron chi connectivity index (χ3n) is 4.94. The Bertz CT molecular complexity index is 817. The topological polar surface area (TPSA) is 73.9 Å². The van der Waals surface area contributed by atoms with E-state index < -0.39 is 11.8 Å². The van der Waals surface area contributed by atoms with Crippen LogP contribution in [0.3, 0.4) is 0 Å². The Hall–Kier alpha value is -3.06. The van der Waals surface area contributed by atoms with Gasteiger partial charge >= 0.3 is 11.8 Å². The fraction of sp³-hybridized carbons (Fsp3) is 0.391. The summed E-state index contributed by atoms with van der Waals surface area (Å²) in [5, 5.41) is 5.41. The summed E-state index contributed by atoms with van der Waals surface area (Å²) in [6.45, 7) is 0.737. The monoisotopic (exact) mass is 412 g/mol. The van der Waals surface area contributed by atoms with Gasteiger partial charge in [0.15, 0.2) is 0 Å². The van der Waals surface area contributed by atoms with E-state index in [0.717, 1.165) is 22.6 Å². The van der Waals surface area contributed by atoms with E-state index in [1.54, 1.807) is 7.11 Å². The molecular formula is C23H32N4O3. The van der Waals surface area contributed by atoms with Gasteiger partial charge in [-0.05, 0) is 55.9 Å². The number of likely N-dealkylation sites (N-methyl/N-ethyl adjacent to an activating group) is 1. The summed E-state index contributed by atoms with van der Waals surface area (Å²) in [6, 6.07) is 15.8. The Kier molecular flexibility index (Phi) is 8.68. The van der Waals surface area contributed by atoms with Crippen LogP contribution < -0.4 is 20.3 Å². The average molecular weight is 413 g/mol. The second kappa shape index (κ2) is 11.2. The lowest BCUT2D eigenvalue weighted by molar-refractivity contribution is -0.139. The highest BCUT2D eigenvalue weighted by Crippen LogP contribution is 2.20. The molecule has 0 saturated heterocycles. The molecule has 0 radical (unpaired) electrons. The van der Waals surface area contributed by atoms with Crippen molar-refractivity contribution in [3.8, 4) is 5.75 Å². The van der Waals surface area contributed by atoms with Crippen LogP contribution in [0.4, 0.5) is 5.69 Å². The largest absolute Gasteiger partial charge is 0.497 e. The zero-order chi connectivity index (χ0) is 22.1. The van der Waals surface area contributed by atoms with Gasteiger partial charge in [-0.1, -0.05) is 24.3 Å². The van der Waals surface area contributed by atoms with Crippen LogP contribution in [0.2, 0.25) is 0 Å². The molecule has 0 aliphatic rings. The van der Waals surface area contributed by atoms with E-state index in [1.807, 2.05) is 86.5 Å². The number of hydrogen-bond acceptors (Lipinski definition) is 5. The number of rotatable bonds is 9. The van der Waals surface area contributed by atoms with Crippen LogP contribution in [0.15, 0.2) is 48.5 Å². The SMILES string of the molecule is COc1ccc(CCNC(=O)C(=O)NC[C@H](c2ccc(N(C)C)cc2)N(C)C)cc1. The molecule has 0 bridgehead atoms. The lowest BCUT2D eigenvalue weighted by Gasteiger charge is -2.25. The van der Waals surface area contributed by atoms with Crippen LogP contribution in [0.1, 0.15) is 17.2 Å². The van der Waals surface area contributed by atoms with E-state index in [0.29, 0.717) is 19.5 Å². The predicted octanol–water partition coefficient (Wildman–Crippen LogP) is 1.84. The van der Waals surface area contributed by atoms with Gasteiger partial charge in [0.1, 0.15) is 5.75 Å². The molecule has 2 amide bonds. The standard InChI is InChI=1S/C23H32N4O3/c1-26(2)19-10-8-18(9-11-19)21(27(3)4)16-25-23(29)22(28)24-15-14-17-6-12-20(30-5)13-7-17/h6-13,21H,14-16H2,1-5H3,(H,24,28)(H,25,29)/t21-/m1/s1. The van der Waals surface area contributed by atoms with E-state index in [9.17, 15) is 9.59 Å². The second-order valence-electron chi connectivity index (χ2n) is 7.53. The van der Waals surface area contributed by atoms with Crippen molar-refractivity contribution in [1.29, 1.82) is 0 Å². The number of ether oxygens (including phenoxy) is 1. The quantitative estimate of drug-likeness (QED) is 0.615. The summed E-state index contributed by atoms with van der Waals surface area (Å²) in [5.74, 6) is -0.459. The highest BCUT2D eigenvalue weighted by atomic mass is 16.5. The number of methoxy groups -OCH3 is 1. The van der Waals surface area contributed by atoms with Crippen molar-refractivity contribution in [2.45, 2.75) is 12.5 Å². The van der Waals surface area contributed by atoms with Crippen molar-refractivity contribution in [3.05, 3.63) is 59.7 Å². The molecule has 2 N–H and O–H groups in total. The number of carbonyl (C=O) groups is 2. The Morgan fingerprint density at radius 2 is 1.50 bits per heavy atom. The number of nitrogens with one attached hydrogen (secondary N) is 2. The second-order valence-corrected chi connectivity index (χ2v) is 7.53. The molecule has 0 spiro atoms. The van der Waals surface area contributed by atoms with Crippen molar-refractivity contribution in [3.63, 3.8) is 0 Å². The van der Waals surface area contributed by atoms with E-state index in [4.69, 9.17) is 4.74 Å². The summed E-state index contributed by atoms with van der Waals surface area (Å²) >= 11 is 0. The number of hydrogen-bond donors (Lipinski definition) is 2. The summed E-state index contributed by atoms with van der Waals surface area (Å²) in [5.41, 5.74) is 3.24. The lowest BCUT2D eigenvalue weighted by Crippen LogP contribution is -2.43. The van der Waals surface area contributed by atoms with Crippen molar-refractivity contribution < 1.29 is 14.3 Å². The molecule has 0 aromatic heterocycles. The number of nitrogens with zero attached hydrogens (tertiary/aromatic N) is 2. The van der Waals surface area contributed by atoms with Crippen LogP contribution in [0.5, 0.6) is 5.75 Å². The van der Waals surface area contributed by atoms with Gasteiger partial charge in [0.2, 0.25) is 0 Å². The minimum absolute atomic E-state index is 0.0303. The van der Waals surface area contributed by atoms with E-state index in [1.165, 1.54) is 0 Å². The molecule has 0 heterocycles. The molecule has 7 nitrogen and oxygen atoms in total. The molecule has 2 rings (SSSR count). The Labute approximate surface area is 179 Å². The molecular weight excluding hydrogens is 380 g/mol. The molecule has 0 aliphatic carbocycles. The minimum atomic E-state index is -0.624. The van der Waals surface area contributed by atoms with Gasteiger partial charge in [-0.25, -0.2) is 0 Å². The summed E-state index contributed by atoms with van der Waals surface area (Å²) in [7, 11) is 9.50. The zero-order valence-corrected chi connectivity index (χ0v) is 18.4. The fourth-order valence-corrected chi connectivity index (χ4v) is 3.06. The van der Waals surface area contributed by atoms with Gasteiger partial charge in [-0.2, -0.15) is 0 Å². The molecule has 7 heteroatoms. The molecule has 1 atom stereocenters. The maximum Gasteiger partial charge on any atom is 0.309 e. The molecule has 0 fully saturated rings. The first-order valence-electron chi connectivity index (χ1n) is 9.94. The van der Waals surface area contributed by atoms with E-state index in [-0.39, 0.29) is 6.04 Å². The van der Waals surface area contributed by atoms with E-state index >= 15 is 0 Å². The van der Waals surface area contributed by atoms with Crippen LogP contribution in [0, 0.1) is 0 Å². The highest BCUT2D eigenvalue weighted by molar-refractivity contribution is 6.35. The first-order chi connectivity index (χ1) is 14.3. The zero-order valence-electron chi connectivity index (χ0n) is 18.4. The lowest BCUT2D eigenvalue weighted by atomic mass is 10.1. The molecule has 2 aromatic carbocycles. The van der Waals surface area contributed by atoms with Gasteiger partial charge in [-0.3, -0.25) is 9.59 Å². The van der Waals surface area contributed by atoms with E-state index in [2.05, 4.69) is 10.6 Å². The number of amides is 2. The van der Waals surface area contributed by atoms with Crippen LogP contribution in [0.25, 0.3) is 0 Å². The molecule has 0 aliphatic heterocycles. The number of benzene rings is 2. The fourth-order valence-electron chi connectivity index (χ4n) is 3.06. The Morgan fingerprint density at radius 1 is 0.900 bits per heavy atom. The first-order valence-corrected chi connectivity index (χ1v) is 9.94. The normalized spacial score (nSPS) is 11.7. The summed E-state index contributed by atoms with van der Waals surface area (Å²) in [4.78, 5) is 28.4. The van der Waals surface area contributed by atoms with Crippen LogP contribution in [-0.2, 0) is 16.0 Å². The van der Waals surface area contributed by atoms with Gasteiger partial charge in [-0.15, -0.1) is 0 Å². The van der Waals surface area contributed by atoms with Gasteiger partial charge < -0.3 is 25.2 Å². The summed E-state index contributed by atoms with van der Waals surface area (Å²) in [6.07, 6.45) is 0.640. The highest BCUT2D eigenvalue weighted by Gasteiger charge is 2.18. The van der Waals surface area contributed by atoms with Gasteiger partial charge in [0, 0.05) is 32.9 Å². The van der Waals surface area contributed by atoms with Crippen molar-refractivity contribution in [1.82, 2.24) is 15.5 Å². The smallest absolute Gasteiger partial charge is 0.309 e. The maximum absolute atomic E-state index is 12.2.